The van der Waals surface area contributed by atoms with Gasteiger partial charge in [-0.15, -0.1) is 0 Å². The average Bonchev–Trinajstić information content (AvgIpc) is 2.73. The van der Waals surface area contributed by atoms with E-state index in [9.17, 15) is 8.42 Å². The van der Waals surface area contributed by atoms with Crippen LogP contribution < -0.4 is 5.19 Å². The molecule has 0 atom stereocenters. The quantitative estimate of drug-likeness (QED) is 0.238. The van der Waals surface area contributed by atoms with Gasteiger partial charge in [0.05, 0.1) is 8.07 Å². The van der Waals surface area contributed by atoms with E-state index in [0.29, 0.717) is 5.56 Å². The van der Waals surface area contributed by atoms with E-state index in [4.69, 9.17) is 4.18 Å². The Morgan fingerprint density at radius 3 is 1.97 bits per heavy atom. The minimum Gasteiger partial charge on any atom is -0.377 e. The van der Waals surface area contributed by atoms with Crippen LogP contribution >= 0.6 is 0 Å². The molecule has 0 aliphatic carbocycles. The molecule has 0 unspecified atom stereocenters. The number of allylic oxidation sites excluding steroid dienone is 1. The number of benzene rings is 3. The Hall–Kier alpha value is -2.77. The second-order valence-corrected chi connectivity index (χ2v) is 15.3. The van der Waals surface area contributed by atoms with Gasteiger partial charge in [-0.1, -0.05) is 97.1 Å². The molecule has 0 aliphatic rings. The van der Waals surface area contributed by atoms with Gasteiger partial charge in [0.15, 0.2) is 5.76 Å². The Labute approximate surface area is 189 Å². The first-order chi connectivity index (χ1) is 14.9. The highest BCUT2D eigenvalue weighted by molar-refractivity contribution is 7.86. The highest BCUT2D eigenvalue weighted by atomic mass is 32.2. The molecule has 32 heavy (non-hydrogen) atoms. The summed E-state index contributed by atoms with van der Waals surface area (Å²) in [6, 6.07) is 20.2. The van der Waals surface area contributed by atoms with Crippen molar-refractivity contribution >= 4 is 29.5 Å². The van der Waals surface area contributed by atoms with Crippen molar-refractivity contribution < 1.29 is 21.4 Å². The van der Waals surface area contributed by atoms with Crippen LogP contribution in [0.25, 0.3) is 6.08 Å². The molecule has 3 nitrogen and oxygen atoms in total. The zero-order valence-electron chi connectivity index (χ0n) is 18.5. The van der Waals surface area contributed by atoms with Gasteiger partial charge in [-0.3, -0.25) is 0 Å². The van der Waals surface area contributed by atoms with Crippen LogP contribution in [-0.2, 0) is 20.2 Å². The van der Waals surface area contributed by atoms with Gasteiger partial charge >= 0.3 is 16.0 Å². The number of hydrogen-bond donors (Lipinski definition) is 0. The summed E-state index contributed by atoms with van der Waals surface area (Å²) in [4.78, 5) is -0.188. The summed E-state index contributed by atoms with van der Waals surface area (Å²) in [6.07, 6.45) is 1.07. The maximum absolute atomic E-state index is 15.6. The Kier molecular flexibility index (Phi) is 6.71. The van der Waals surface area contributed by atoms with Gasteiger partial charge in [-0.05, 0) is 30.7 Å². The van der Waals surface area contributed by atoms with Crippen LogP contribution in [0.15, 0.2) is 89.5 Å². The number of hydrogen-bond acceptors (Lipinski definition) is 3. The summed E-state index contributed by atoms with van der Waals surface area (Å²) in [5.41, 5.74) is 0.914. The molecule has 168 valence electrons. The van der Waals surface area contributed by atoms with Crippen LogP contribution in [0.1, 0.15) is 16.7 Å². The number of alkyl halides is 2. The smallest absolute Gasteiger partial charge is 0.339 e. The van der Waals surface area contributed by atoms with E-state index < -0.39 is 29.9 Å². The summed E-state index contributed by atoms with van der Waals surface area (Å²) in [6.45, 7) is 8.17. The molecule has 0 amide bonds. The minimum atomic E-state index is -4.46. The van der Waals surface area contributed by atoms with Gasteiger partial charge < -0.3 is 4.18 Å². The van der Waals surface area contributed by atoms with Crippen molar-refractivity contribution in [1.82, 2.24) is 0 Å². The second kappa shape index (κ2) is 9.00. The highest BCUT2D eigenvalue weighted by Gasteiger charge is 2.41. The van der Waals surface area contributed by atoms with E-state index in [1.807, 2.05) is 0 Å². The number of halogens is 2. The maximum Gasteiger partial charge on any atom is 0.339 e. The third-order valence-corrected chi connectivity index (χ3v) is 8.34. The summed E-state index contributed by atoms with van der Waals surface area (Å²) in [5, 5.41) is 1.03. The largest absolute Gasteiger partial charge is 0.377 e. The third-order valence-electron chi connectivity index (χ3n) is 5.03. The van der Waals surface area contributed by atoms with Crippen molar-refractivity contribution in [3.8, 4) is 0 Å². The van der Waals surface area contributed by atoms with Crippen molar-refractivity contribution in [3.05, 3.63) is 101 Å². The normalized spacial score (nSPS) is 13.1. The van der Waals surface area contributed by atoms with E-state index in [1.54, 1.807) is 61.5 Å². The number of aryl methyl sites for hydroxylation is 1. The molecule has 0 saturated heterocycles. The number of rotatable bonds is 7. The molecule has 3 rings (SSSR count). The molecule has 0 radical (unpaired) electrons. The zero-order valence-corrected chi connectivity index (χ0v) is 20.3. The molecule has 3 aromatic carbocycles. The van der Waals surface area contributed by atoms with Gasteiger partial charge in [0.2, 0.25) is 0 Å². The lowest BCUT2D eigenvalue weighted by atomic mass is 10.0. The molecule has 0 bridgehead atoms. The Morgan fingerprint density at radius 1 is 0.875 bits per heavy atom. The lowest BCUT2D eigenvalue weighted by molar-refractivity contribution is 0.00383. The monoisotopic (exact) mass is 472 g/mol. The average molecular weight is 473 g/mol. The second-order valence-electron chi connectivity index (χ2n) is 8.67. The third kappa shape index (κ3) is 5.52. The fourth-order valence-corrected chi connectivity index (χ4v) is 5.18. The van der Waals surface area contributed by atoms with Crippen molar-refractivity contribution in [3.63, 3.8) is 0 Å². The molecule has 0 spiro atoms. The van der Waals surface area contributed by atoms with Crippen LogP contribution in [-0.4, -0.2) is 16.5 Å². The van der Waals surface area contributed by atoms with Crippen LogP contribution in [0.3, 0.4) is 0 Å². The molecule has 3 aromatic rings. The van der Waals surface area contributed by atoms with Gasteiger partial charge in [0.1, 0.15) is 4.90 Å². The molecular weight excluding hydrogens is 446 g/mol. The minimum absolute atomic E-state index is 0.188. The Morgan fingerprint density at radius 2 is 1.44 bits per heavy atom. The lowest BCUT2D eigenvalue weighted by Gasteiger charge is -2.22. The molecule has 0 saturated carbocycles. The van der Waals surface area contributed by atoms with Gasteiger partial charge in [-0.25, -0.2) is 0 Å². The van der Waals surface area contributed by atoms with Crippen molar-refractivity contribution in [2.75, 3.05) is 0 Å². The van der Waals surface area contributed by atoms with Crippen molar-refractivity contribution in [2.45, 2.75) is 37.4 Å². The fraction of sp³-hybridized carbons (Fsp3) is 0.200. The Bertz CT molecular complexity index is 1200. The van der Waals surface area contributed by atoms with E-state index >= 15 is 8.78 Å². The van der Waals surface area contributed by atoms with E-state index in [2.05, 4.69) is 19.6 Å². The molecular formula is C25H26F2O3SSi. The SMILES string of the molecule is Cc1ccc(S(=O)(=O)O/C(=C\c2ccccc2)C(F)(F)c2ccc([Si](C)(C)C)cc2)cc1. The van der Waals surface area contributed by atoms with Crippen molar-refractivity contribution in [2.24, 2.45) is 0 Å². The van der Waals surface area contributed by atoms with E-state index in [0.717, 1.165) is 16.8 Å². The summed E-state index contributed by atoms with van der Waals surface area (Å²) in [5.74, 6) is -4.61. The maximum atomic E-state index is 15.6. The Balaban J connectivity index is 2.06. The zero-order chi connectivity index (χ0) is 23.6. The topological polar surface area (TPSA) is 43.4 Å². The molecule has 7 heteroatoms. The predicted molar refractivity (Wildman–Crippen MR) is 127 cm³/mol. The van der Waals surface area contributed by atoms with Crippen LogP contribution in [0.2, 0.25) is 19.6 Å². The van der Waals surface area contributed by atoms with Gasteiger partial charge in [0, 0.05) is 5.56 Å². The standard InChI is InChI=1S/C25H26F2O3SSi/c1-19-10-14-22(15-11-19)31(28,29)30-24(18-20-8-6-5-7-9-20)25(26,27)21-12-16-23(17-13-21)32(2,3)4/h5-18H,1-4H3/b24-18-. The summed E-state index contributed by atoms with van der Waals surface area (Å²) in [7, 11) is -6.14. The fourth-order valence-electron chi connectivity index (χ4n) is 3.06. The molecule has 0 aliphatic heterocycles. The van der Waals surface area contributed by atoms with Gasteiger partial charge in [-0.2, -0.15) is 17.2 Å². The van der Waals surface area contributed by atoms with E-state index in [-0.39, 0.29) is 10.5 Å². The predicted octanol–water partition coefficient (Wildman–Crippen LogP) is 6.08. The van der Waals surface area contributed by atoms with Crippen LogP contribution in [0, 0.1) is 6.92 Å². The lowest BCUT2D eigenvalue weighted by Crippen LogP contribution is -2.37. The first kappa shape index (κ1) is 23.9. The molecule has 0 N–H and O–H groups in total. The van der Waals surface area contributed by atoms with Gasteiger partial charge in [0.25, 0.3) is 0 Å². The first-order valence-corrected chi connectivity index (χ1v) is 15.1. The summed E-state index contributed by atoms with van der Waals surface area (Å²) >= 11 is 0. The molecule has 0 aromatic heterocycles. The molecule has 0 fully saturated rings. The first-order valence-electron chi connectivity index (χ1n) is 10.2. The van der Waals surface area contributed by atoms with E-state index in [1.165, 1.54) is 24.3 Å². The summed E-state index contributed by atoms with van der Waals surface area (Å²) < 4.78 is 61.9. The molecule has 0 heterocycles. The van der Waals surface area contributed by atoms with Crippen LogP contribution in [0.4, 0.5) is 8.78 Å². The van der Waals surface area contributed by atoms with Crippen molar-refractivity contribution in [1.29, 1.82) is 0 Å². The van der Waals surface area contributed by atoms with Crippen LogP contribution in [0.5, 0.6) is 0 Å². The highest BCUT2D eigenvalue weighted by Crippen LogP contribution is 2.39.